The molecule has 0 bridgehead atoms. The number of rotatable bonds is 4. The fourth-order valence-electron chi connectivity index (χ4n) is 2.90. The van der Waals surface area contributed by atoms with Crippen LogP contribution in [0.1, 0.15) is 23.2 Å². The number of carbonyl (C=O) groups excluding carboxylic acids is 1. The van der Waals surface area contributed by atoms with Gasteiger partial charge in [-0.1, -0.05) is 18.2 Å². The molecule has 0 radical (unpaired) electrons. The lowest BCUT2D eigenvalue weighted by atomic mass is 10.1. The Kier molecular flexibility index (Phi) is 4.68. The van der Waals surface area contributed by atoms with Crippen LogP contribution in [0.2, 0.25) is 0 Å². The second-order valence-corrected chi connectivity index (χ2v) is 7.77. The zero-order valence-corrected chi connectivity index (χ0v) is 14.2. The van der Waals surface area contributed by atoms with E-state index in [0.717, 1.165) is 24.8 Å². The number of hydrogen-bond acceptors (Lipinski definition) is 4. The minimum atomic E-state index is -3.27. The van der Waals surface area contributed by atoms with E-state index in [4.69, 9.17) is 0 Å². The van der Waals surface area contributed by atoms with Gasteiger partial charge in [-0.2, -0.15) is 5.10 Å². The summed E-state index contributed by atoms with van der Waals surface area (Å²) in [7, 11) is -3.27. The van der Waals surface area contributed by atoms with Crippen molar-refractivity contribution in [2.24, 2.45) is 0 Å². The number of hydrogen-bond donors (Lipinski definition) is 1. The molecule has 1 aliphatic rings. The largest absolute Gasteiger partial charge is 0.337 e. The molecule has 24 heavy (non-hydrogen) atoms. The van der Waals surface area contributed by atoms with Crippen LogP contribution in [0.25, 0.3) is 5.69 Å². The van der Waals surface area contributed by atoms with Crippen LogP contribution in [0.15, 0.2) is 42.7 Å². The van der Waals surface area contributed by atoms with Crippen molar-refractivity contribution in [2.75, 3.05) is 19.3 Å². The fraction of sp³-hybridized carbons (Fsp3) is 0.375. The number of sulfonamides is 1. The Morgan fingerprint density at radius 1 is 1.29 bits per heavy atom. The summed E-state index contributed by atoms with van der Waals surface area (Å²) in [5.74, 6) is -0.128. The first-order valence-electron chi connectivity index (χ1n) is 7.79. The molecule has 1 saturated heterocycles. The van der Waals surface area contributed by atoms with Crippen LogP contribution in [0.5, 0.6) is 0 Å². The molecule has 1 aliphatic heterocycles. The van der Waals surface area contributed by atoms with E-state index in [9.17, 15) is 13.2 Å². The molecule has 0 aliphatic carbocycles. The summed E-state index contributed by atoms with van der Waals surface area (Å²) < 4.78 is 27.0. The number of para-hydroxylation sites is 1. The second-order valence-electron chi connectivity index (χ2n) is 5.99. The van der Waals surface area contributed by atoms with Crippen molar-refractivity contribution in [2.45, 2.75) is 18.9 Å². The molecule has 2 heterocycles. The molecule has 1 aromatic heterocycles. The average molecular weight is 348 g/mol. The van der Waals surface area contributed by atoms with Crippen molar-refractivity contribution in [1.82, 2.24) is 19.4 Å². The quantitative estimate of drug-likeness (QED) is 0.894. The normalized spacial score (nSPS) is 18.5. The van der Waals surface area contributed by atoms with Crippen molar-refractivity contribution in [3.63, 3.8) is 0 Å². The number of nitrogens with one attached hydrogen (secondary N) is 1. The van der Waals surface area contributed by atoms with Crippen LogP contribution in [0, 0.1) is 0 Å². The van der Waals surface area contributed by atoms with Gasteiger partial charge < -0.3 is 4.90 Å². The van der Waals surface area contributed by atoms with Gasteiger partial charge in [-0.05, 0) is 25.0 Å². The van der Waals surface area contributed by atoms with Gasteiger partial charge in [0.2, 0.25) is 10.0 Å². The molecule has 1 aromatic carbocycles. The van der Waals surface area contributed by atoms with Crippen molar-refractivity contribution in [1.29, 1.82) is 0 Å². The van der Waals surface area contributed by atoms with E-state index in [1.165, 1.54) is 0 Å². The van der Waals surface area contributed by atoms with E-state index in [0.29, 0.717) is 18.7 Å². The Balaban J connectivity index is 1.71. The summed E-state index contributed by atoms with van der Waals surface area (Å²) in [6.45, 7) is 1.000. The third kappa shape index (κ3) is 4.01. The molecule has 2 aromatic rings. The van der Waals surface area contributed by atoms with E-state index in [2.05, 4.69) is 9.82 Å². The van der Waals surface area contributed by atoms with Crippen LogP contribution < -0.4 is 4.72 Å². The van der Waals surface area contributed by atoms with Crippen LogP contribution >= 0.6 is 0 Å². The van der Waals surface area contributed by atoms with Gasteiger partial charge in [-0.3, -0.25) is 4.79 Å². The minimum absolute atomic E-state index is 0.128. The van der Waals surface area contributed by atoms with Gasteiger partial charge in [0.1, 0.15) is 0 Å². The Hall–Kier alpha value is -2.19. The Morgan fingerprint density at radius 2 is 2.04 bits per heavy atom. The first-order valence-corrected chi connectivity index (χ1v) is 9.68. The van der Waals surface area contributed by atoms with E-state index in [-0.39, 0.29) is 11.9 Å². The van der Waals surface area contributed by atoms with Crippen LogP contribution in [-0.2, 0) is 10.0 Å². The van der Waals surface area contributed by atoms with Crippen LogP contribution in [0.4, 0.5) is 0 Å². The monoisotopic (exact) mass is 348 g/mol. The van der Waals surface area contributed by atoms with Gasteiger partial charge in [0.25, 0.3) is 5.91 Å². The third-order valence-electron chi connectivity index (χ3n) is 3.94. The number of nitrogens with zero attached hydrogens (tertiary/aromatic N) is 3. The molecule has 7 nitrogen and oxygen atoms in total. The number of benzene rings is 1. The highest BCUT2D eigenvalue weighted by Gasteiger charge is 2.26. The first-order chi connectivity index (χ1) is 11.4. The molecule has 1 unspecified atom stereocenters. The predicted molar refractivity (Wildman–Crippen MR) is 90.5 cm³/mol. The molecule has 1 N–H and O–H groups in total. The van der Waals surface area contributed by atoms with E-state index in [1.807, 2.05) is 30.3 Å². The van der Waals surface area contributed by atoms with Crippen molar-refractivity contribution >= 4 is 15.9 Å². The average Bonchev–Trinajstić information content (AvgIpc) is 3.03. The lowest BCUT2D eigenvalue weighted by molar-refractivity contribution is 0.0703. The first kappa shape index (κ1) is 16.7. The molecule has 0 spiro atoms. The lowest BCUT2D eigenvalue weighted by Gasteiger charge is -2.32. The maximum atomic E-state index is 12.7. The third-order valence-corrected chi connectivity index (χ3v) is 4.70. The predicted octanol–water partition coefficient (Wildman–Crippen LogP) is 1.03. The fourth-order valence-corrected chi connectivity index (χ4v) is 3.70. The molecule has 128 valence electrons. The van der Waals surface area contributed by atoms with Crippen molar-refractivity contribution in [3.05, 3.63) is 48.3 Å². The topological polar surface area (TPSA) is 84.3 Å². The number of carbonyl (C=O) groups is 1. The molecule has 8 heteroatoms. The molecule has 3 rings (SSSR count). The molecular formula is C16H20N4O3S. The summed E-state index contributed by atoms with van der Waals surface area (Å²) in [6, 6.07) is 9.32. The second kappa shape index (κ2) is 6.74. The Labute approximate surface area is 141 Å². The zero-order chi connectivity index (χ0) is 17.2. The summed E-state index contributed by atoms with van der Waals surface area (Å²) in [5.41, 5.74) is 1.38. The SMILES string of the molecule is CS(=O)(=O)NC1CCCN(C(=O)c2cnn(-c3ccccc3)c2)C1. The summed E-state index contributed by atoms with van der Waals surface area (Å²) in [5, 5.41) is 4.24. The number of likely N-dealkylation sites (tertiary alicyclic amines) is 1. The highest BCUT2D eigenvalue weighted by Crippen LogP contribution is 2.15. The number of amides is 1. The summed E-state index contributed by atoms with van der Waals surface area (Å²) in [6.07, 6.45) is 5.89. The summed E-state index contributed by atoms with van der Waals surface area (Å²) >= 11 is 0. The van der Waals surface area contributed by atoms with Crippen molar-refractivity contribution < 1.29 is 13.2 Å². The smallest absolute Gasteiger partial charge is 0.257 e. The van der Waals surface area contributed by atoms with Gasteiger partial charge in [-0.25, -0.2) is 17.8 Å². The van der Waals surface area contributed by atoms with E-state index < -0.39 is 10.0 Å². The van der Waals surface area contributed by atoms with Gasteiger partial charge in [-0.15, -0.1) is 0 Å². The van der Waals surface area contributed by atoms with E-state index >= 15 is 0 Å². The zero-order valence-electron chi connectivity index (χ0n) is 13.4. The van der Waals surface area contributed by atoms with Crippen LogP contribution in [-0.4, -0.2) is 54.4 Å². The van der Waals surface area contributed by atoms with Crippen LogP contribution in [0.3, 0.4) is 0 Å². The molecule has 1 atom stereocenters. The van der Waals surface area contributed by atoms with Gasteiger partial charge >= 0.3 is 0 Å². The standard InChI is InChI=1S/C16H20N4O3S/c1-24(22,23)18-14-6-5-9-19(12-14)16(21)13-10-17-20(11-13)15-7-3-2-4-8-15/h2-4,7-8,10-11,14,18H,5-6,9,12H2,1H3. The number of aromatic nitrogens is 2. The maximum Gasteiger partial charge on any atom is 0.257 e. The van der Waals surface area contributed by atoms with Gasteiger partial charge in [0.15, 0.2) is 0 Å². The lowest BCUT2D eigenvalue weighted by Crippen LogP contribution is -2.49. The molecular weight excluding hydrogens is 328 g/mol. The highest BCUT2D eigenvalue weighted by atomic mass is 32.2. The maximum absolute atomic E-state index is 12.7. The van der Waals surface area contributed by atoms with E-state index in [1.54, 1.807) is 22.0 Å². The van der Waals surface area contributed by atoms with Gasteiger partial charge in [0, 0.05) is 25.3 Å². The van der Waals surface area contributed by atoms with Gasteiger partial charge in [0.05, 0.1) is 23.7 Å². The Morgan fingerprint density at radius 3 is 2.75 bits per heavy atom. The minimum Gasteiger partial charge on any atom is -0.337 e. The molecule has 1 amide bonds. The molecule has 0 saturated carbocycles. The number of piperidine rings is 1. The Bertz CT molecular complexity index is 817. The molecule has 1 fully saturated rings. The summed E-state index contributed by atoms with van der Waals surface area (Å²) in [4.78, 5) is 14.3. The van der Waals surface area contributed by atoms with Crippen molar-refractivity contribution in [3.8, 4) is 5.69 Å². The highest BCUT2D eigenvalue weighted by molar-refractivity contribution is 7.88.